The Bertz CT molecular complexity index is 1170. The molecule has 0 atom stereocenters. The topological polar surface area (TPSA) is 87.7 Å². The van der Waals surface area contributed by atoms with Crippen molar-refractivity contribution in [2.45, 2.75) is 6.54 Å². The molecule has 0 aliphatic heterocycles. The maximum atomic E-state index is 13.0. The lowest BCUT2D eigenvalue weighted by Gasteiger charge is -2.13. The van der Waals surface area contributed by atoms with E-state index in [-0.39, 0.29) is 12.1 Å². The van der Waals surface area contributed by atoms with Crippen molar-refractivity contribution in [2.75, 3.05) is 0 Å². The zero-order valence-corrected chi connectivity index (χ0v) is 15.5. The van der Waals surface area contributed by atoms with Gasteiger partial charge >= 0.3 is 0 Å². The van der Waals surface area contributed by atoms with Gasteiger partial charge < -0.3 is 5.32 Å². The zero-order chi connectivity index (χ0) is 20.1. The first-order valence-electron chi connectivity index (χ1n) is 9.15. The molecule has 0 bridgehead atoms. The van der Waals surface area contributed by atoms with Gasteiger partial charge in [-0.1, -0.05) is 66.7 Å². The van der Waals surface area contributed by atoms with E-state index in [1.54, 1.807) is 12.3 Å². The Kier molecular flexibility index (Phi) is 5.25. The van der Waals surface area contributed by atoms with E-state index >= 15 is 0 Å². The normalized spacial score (nSPS) is 10.5. The number of pyridine rings is 1. The molecule has 142 valence electrons. The minimum atomic E-state index is -0.540. The number of H-pyrrole nitrogens is 1. The monoisotopic (exact) mass is 382 g/mol. The quantitative estimate of drug-likeness (QED) is 0.554. The van der Waals surface area contributed by atoms with Crippen molar-refractivity contribution in [1.29, 1.82) is 0 Å². The van der Waals surface area contributed by atoms with Gasteiger partial charge in [-0.15, -0.1) is 0 Å². The van der Waals surface area contributed by atoms with Crippen LogP contribution < -0.4 is 10.9 Å². The average molecular weight is 382 g/mol. The highest BCUT2D eigenvalue weighted by atomic mass is 16.2. The van der Waals surface area contributed by atoms with Crippen LogP contribution in [0.5, 0.6) is 0 Å². The molecule has 0 aliphatic rings. The second kappa shape index (κ2) is 8.31. The SMILES string of the molecule is O=C(NCc1ccccn1)c1c(-c2ccccc2)c(-c2ccccc2)n[nH]c1=O. The third kappa shape index (κ3) is 3.96. The largest absolute Gasteiger partial charge is 0.346 e. The molecule has 6 nitrogen and oxygen atoms in total. The fourth-order valence-corrected chi connectivity index (χ4v) is 3.12. The fraction of sp³-hybridized carbons (Fsp3) is 0.0435. The molecule has 0 radical (unpaired) electrons. The van der Waals surface area contributed by atoms with Crippen LogP contribution in [0.3, 0.4) is 0 Å². The Morgan fingerprint density at radius 2 is 1.52 bits per heavy atom. The molecule has 6 heteroatoms. The maximum absolute atomic E-state index is 13.0. The smallest absolute Gasteiger partial charge is 0.277 e. The van der Waals surface area contributed by atoms with Crippen molar-refractivity contribution in [3.63, 3.8) is 0 Å². The van der Waals surface area contributed by atoms with Crippen LogP contribution in [-0.4, -0.2) is 21.1 Å². The van der Waals surface area contributed by atoms with Gasteiger partial charge in [0.25, 0.3) is 11.5 Å². The molecule has 2 heterocycles. The maximum Gasteiger partial charge on any atom is 0.277 e. The molecule has 2 aromatic heterocycles. The Morgan fingerprint density at radius 3 is 2.17 bits per heavy atom. The molecule has 29 heavy (non-hydrogen) atoms. The van der Waals surface area contributed by atoms with E-state index in [0.717, 1.165) is 11.1 Å². The summed E-state index contributed by atoms with van der Waals surface area (Å²) in [6, 6.07) is 24.2. The van der Waals surface area contributed by atoms with Gasteiger partial charge in [-0.05, 0) is 17.7 Å². The van der Waals surface area contributed by atoms with Gasteiger partial charge in [0.1, 0.15) is 5.56 Å². The van der Waals surface area contributed by atoms with Crippen molar-refractivity contribution in [1.82, 2.24) is 20.5 Å². The van der Waals surface area contributed by atoms with E-state index in [1.165, 1.54) is 0 Å². The van der Waals surface area contributed by atoms with Crippen molar-refractivity contribution in [2.24, 2.45) is 0 Å². The first kappa shape index (κ1) is 18.3. The molecule has 0 fully saturated rings. The predicted molar refractivity (Wildman–Crippen MR) is 111 cm³/mol. The molecule has 4 rings (SSSR count). The molecule has 0 unspecified atom stereocenters. The number of benzene rings is 2. The van der Waals surface area contributed by atoms with Gasteiger partial charge in [0, 0.05) is 17.3 Å². The van der Waals surface area contributed by atoms with E-state index in [2.05, 4.69) is 20.5 Å². The Hall–Kier alpha value is -4.06. The summed E-state index contributed by atoms with van der Waals surface area (Å²) in [6.45, 7) is 0.219. The number of hydrogen-bond acceptors (Lipinski definition) is 4. The summed E-state index contributed by atoms with van der Waals surface area (Å²) in [5, 5.41) is 9.53. The summed E-state index contributed by atoms with van der Waals surface area (Å²) in [7, 11) is 0. The molecule has 0 saturated heterocycles. The van der Waals surface area contributed by atoms with Gasteiger partial charge in [0.2, 0.25) is 0 Å². The summed E-state index contributed by atoms with van der Waals surface area (Å²) in [4.78, 5) is 29.9. The molecule has 2 aromatic carbocycles. The highest BCUT2D eigenvalue weighted by molar-refractivity contribution is 6.03. The van der Waals surface area contributed by atoms with Crippen molar-refractivity contribution >= 4 is 5.91 Å². The van der Waals surface area contributed by atoms with E-state index in [9.17, 15) is 9.59 Å². The fourth-order valence-electron chi connectivity index (χ4n) is 3.12. The minimum Gasteiger partial charge on any atom is -0.346 e. The Balaban J connectivity index is 1.82. The molecular formula is C23H18N4O2. The zero-order valence-electron chi connectivity index (χ0n) is 15.5. The van der Waals surface area contributed by atoms with E-state index in [4.69, 9.17) is 0 Å². The predicted octanol–water partition coefficient (Wildman–Crippen LogP) is 3.43. The summed E-state index contributed by atoms with van der Waals surface area (Å²) in [5.41, 5.74) is 2.78. The van der Waals surface area contributed by atoms with E-state index in [1.807, 2.05) is 72.8 Å². The molecule has 0 aliphatic carbocycles. The number of amides is 1. The number of aromatic amines is 1. The number of hydrogen-bond donors (Lipinski definition) is 2. The lowest BCUT2D eigenvalue weighted by molar-refractivity contribution is 0.0949. The van der Waals surface area contributed by atoms with Crippen LogP contribution >= 0.6 is 0 Å². The highest BCUT2D eigenvalue weighted by Crippen LogP contribution is 2.31. The first-order chi connectivity index (χ1) is 14.2. The number of nitrogens with zero attached hydrogens (tertiary/aromatic N) is 2. The lowest BCUT2D eigenvalue weighted by atomic mass is 9.95. The van der Waals surface area contributed by atoms with Crippen LogP contribution in [0.2, 0.25) is 0 Å². The lowest BCUT2D eigenvalue weighted by Crippen LogP contribution is -2.31. The molecule has 4 aromatic rings. The molecule has 0 saturated carbocycles. The first-order valence-corrected chi connectivity index (χ1v) is 9.15. The number of carbonyl (C=O) groups is 1. The third-order valence-electron chi connectivity index (χ3n) is 4.48. The summed E-state index contributed by atoms with van der Waals surface area (Å²) >= 11 is 0. The minimum absolute atomic E-state index is 0.0287. The van der Waals surface area contributed by atoms with Crippen LogP contribution in [0.4, 0.5) is 0 Å². The van der Waals surface area contributed by atoms with Crippen LogP contribution in [0.1, 0.15) is 16.1 Å². The van der Waals surface area contributed by atoms with Gasteiger partial charge in [0.05, 0.1) is 17.9 Å². The van der Waals surface area contributed by atoms with Crippen molar-refractivity contribution in [3.05, 3.63) is 107 Å². The number of nitrogens with one attached hydrogen (secondary N) is 2. The van der Waals surface area contributed by atoms with Crippen LogP contribution in [0.25, 0.3) is 22.4 Å². The Morgan fingerprint density at radius 1 is 0.862 bits per heavy atom. The van der Waals surface area contributed by atoms with Crippen LogP contribution in [-0.2, 0) is 6.54 Å². The van der Waals surface area contributed by atoms with Crippen LogP contribution in [0.15, 0.2) is 89.9 Å². The number of carbonyl (C=O) groups excluding carboxylic acids is 1. The molecule has 1 amide bonds. The average Bonchev–Trinajstić information content (AvgIpc) is 2.79. The van der Waals surface area contributed by atoms with Gasteiger partial charge in [-0.3, -0.25) is 14.6 Å². The third-order valence-corrected chi connectivity index (χ3v) is 4.48. The standard InChI is InChI=1S/C23H18N4O2/c28-22(25-15-18-13-7-8-14-24-18)20-19(16-9-3-1-4-10-16)21(26-27-23(20)29)17-11-5-2-6-12-17/h1-14H,15H2,(H,25,28)(H,27,29). The van der Waals surface area contributed by atoms with E-state index < -0.39 is 11.5 Å². The van der Waals surface area contributed by atoms with Gasteiger partial charge in [0.15, 0.2) is 0 Å². The van der Waals surface area contributed by atoms with Crippen molar-refractivity contribution in [3.8, 4) is 22.4 Å². The van der Waals surface area contributed by atoms with E-state index in [0.29, 0.717) is 17.0 Å². The van der Waals surface area contributed by atoms with Gasteiger partial charge in [-0.2, -0.15) is 5.10 Å². The molecular weight excluding hydrogens is 364 g/mol. The van der Waals surface area contributed by atoms with Crippen LogP contribution in [0, 0.1) is 0 Å². The Labute approximate surface area is 167 Å². The molecule has 0 spiro atoms. The second-order valence-electron chi connectivity index (χ2n) is 6.39. The highest BCUT2D eigenvalue weighted by Gasteiger charge is 2.22. The van der Waals surface area contributed by atoms with Gasteiger partial charge in [-0.25, -0.2) is 5.10 Å². The number of rotatable bonds is 5. The second-order valence-corrected chi connectivity index (χ2v) is 6.39. The molecule has 2 N–H and O–H groups in total. The summed E-state index contributed by atoms with van der Waals surface area (Å²) < 4.78 is 0. The number of aromatic nitrogens is 3. The summed E-state index contributed by atoms with van der Waals surface area (Å²) in [5.74, 6) is -0.477. The summed E-state index contributed by atoms with van der Waals surface area (Å²) in [6.07, 6.45) is 1.66. The van der Waals surface area contributed by atoms with Crippen molar-refractivity contribution < 1.29 is 4.79 Å².